The lowest BCUT2D eigenvalue weighted by atomic mass is 10.2. The van der Waals surface area contributed by atoms with Gasteiger partial charge in [0.15, 0.2) is 23.2 Å². The van der Waals surface area contributed by atoms with Crippen molar-refractivity contribution in [2.75, 3.05) is 13.2 Å². The average molecular weight is 232 g/mol. The maximum Gasteiger partial charge on any atom is 0.190 e. The van der Waals surface area contributed by atoms with Crippen molar-refractivity contribution in [3.63, 3.8) is 0 Å². The normalized spacial score (nSPS) is 11.6. The Morgan fingerprint density at radius 2 is 1.94 bits per heavy atom. The van der Waals surface area contributed by atoms with E-state index in [0.717, 1.165) is 12.1 Å². The summed E-state index contributed by atoms with van der Waals surface area (Å²) in [6.45, 7) is -0.586. The Hall–Kier alpha value is -1.89. The van der Waals surface area contributed by atoms with Crippen LogP contribution in [-0.4, -0.2) is 29.4 Å². The molecular formula is C9H10F2N2O3. The molecule has 0 saturated heterocycles. The molecule has 0 unspecified atom stereocenters. The zero-order valence-electron chi connectivity index (χ0n) is 8.15. The second kappa shape index (κ2) is 5.26. The standard InChI is InChI=1S/C9H10F2N2O3/c10-6-3-5(9(12)13-15)4-7(11)8(6)16-2-1-14/h3-4,14-15H,1-2H2,(H2,12,13). The summed E-state index contributed by atoms with van der Waals surface area (Å²) in [4.78, 5) is 0. The number of nitrogens with two attached hydrogens (primary N) is 1. The van der Waals surface area contributed by atoms with E-state index in [1.165, 1.54) is 0 Å². The number of aliphatic hydroxyl groups is 1. The molecule has 0 saturated carbocycles. The number of rotatable bonds is 4. The molecule has 0 amide bonds. The molecule has 0 heterocycles. The Kier molecular flexibility index (Phi) is 4.01. The van der Waals surface area contributed by atoms with E-state index in [1.54, 1.807) is 0 Å². The van der Waals surface area contributed by atoms with Gasteiger partial charge < -0.3 is 20.8 Å². The number of hydrogen-bond donors (Lipinski definition) is 3. The number of amidine groups is 1. The van der Waals surface area contributed by atoms with Crippen molar-refractivity contribution in [2.45, 2.75) is 0 Å². The van der Waals surface area contributed by atoms with Crippen LogP contribution in [0.2, 0.25) is 0 Å². The third-order valence-corrected chi connectivity index (χ3v) is 1.74. The SMILES string of the molecule is N/C(=N/O)c1cc(F)c(OCCO)c(F)c1. The topological polar surface area (TPSA) is 88.1 Å². The lowest BCUT2D eigenvalue weighted by molar-refractivity contribution is 0.191. The van der Waals surface area contributed by atoms with Crippen LogP contribution in [0.5, 0.6) is 5.75 Å². The van der Waals surface area contributed by atoms with E-state index in [0.29, 0.717) is 0 Å². The van der Waals surface area contributed by atoms with Crippen LogP contribution >= 0.6 is 0 Å². The molecule has 4 N–H and O–H groups in total. The highest BCUT2D eigenvalue weighted by Crippen LogP contribution is 2.23. The van der Waals surface area contributed by atoms with Crippen LogP contribution in [0.3, 0.4) is 0 Å². The van der Waals surface area contributed by atoms with Gasteiger partial charge in [-0.05, 0) is 12.1 Å². The fourth-order valence-electron chi connectivity index (χ4n) is 1.05. The fraction of sp³-hybridized carbons (Fsp3) is 0.222. The molecule has 0 aromatic heterocycles. The van der Waals surface area contributed by atoms with Gasteiger partial charge in [-0.1, -0.05) is 5.16 Å². The lowest BCUT2D eigenvalue weighted by Crippen LogP contribution is -2.14. The third-order valence-electron chi connectivity index (χ3n) is 1.74. The summed E-state index contributed by atoms with van der Waals surface area (Å²) >= 11 is 0. The Bertz CT molecular complexity index is 387. The Morgan fingerprint density at radius 1 is 1.38 bits per heavy atom. The highest BCUT2D eigenvalue weighted by molar-refractivity contribution is 5.97. The van der Waals surface area contributed by atoms with E-state index in [-0.39, 0.29) is 18.8 Å². The van der Waals surface area contributed by atoms with Crippen LogP contribution in [-0.2, 0) is 0 Å². The summed E-state index contributed by atoms with van der Waals surface area (Å²) in [7, 11) is 0. The number of halogens is 2. The molecule has 1 aromatic carbocycles. The summed E-state index contributed by atoms with van der Waals surface area (Å²) in [6.07, 6.45) is 0. The van der Waals surface area contributed by atoms with Gasteiger partial charge in [-0.15, -0.1) is 0 Å². The van der Waals surface area contributed by atoms with Gasteiger partial charge in [0.2, 0.25) is 0 Å². The van der Waals surface area contributed by atoms with Crippen molar-refractivity contribution in [1.29, 1.82) is 0 Å². The van der Waals surface area contributed by atoms with Gasteiger partial charge in [-0.25, -0.2) is 8.78 Å². The number of hydrogen-bond acceptors (Lipinski definition) is 4. The monoisotopic (exact) mass is 232 g/mol. The van der Waals surface area contributed by atoms with E-state index in [1.807, 2.05) is 0 Å². The molecule has 0 atom stereocenters. The zero-order chi connectivity index (χ0) is 12.1. The Morgan fingerprint density at radius 3 is 2.38 bits per heavy atom. The smallest absolute Gasteiger partial charge is 0.190 e. The summed E-state index contributed by atoms with van der Waals surface area (Å²) in [5, 5.41) is 19.4. The molecule has 0 aliphatic heterocycles. The highest BCUT2D eigenvalue weighted by atomic mass is 19.1. The molecule has 88 valence electrons. The summed E-state index contributed by atoms with van der Waals surface area (Å²) < 4.78 is 31.2. The van der Waals surface area contributed by atoms with Gasteiger partial charge in [-0.2, -0.15) is 0 Å². The maximum atomic E-state index is 13.3. The predicted molar refractivity (Wildman–Crippen MR) is 51.4 cm³/mol. The molecule has 0 spiro atoms. The number of benzene rings is 1. The van der Waals surface area contributed by atoms with Gasteiger partial charge in [-0.3, -0.25) is 0 Å². The quantitative estimate of drug-likeness (QED) is 0.304. The first-order valence-electron chi connectivity index (χ1n) is 4.30. The minimum Gasteiger partial charge on any atom is -0.485 e. The first kappa shape index (κ1) is 12.2. The van der Waals surface area contributed by atoms with Crippen molar-refractivity contribution in [3.05, 3.63) is 29.3 Å². The van der Waals surface area contributed by atoms with Crippen LogP contribution in [0.1, 0.15) is 5.56 Å². The van der Waals surface area contributed by atoms with Crippen LogP contribution in [0.4, 0.5) is 8.78 Å². The highest BCUT2D eigenvalue weighted by Gasteiger charge is 2.14. The fourth-order valence-corrected chi connectivity index (χ4v) is 1.05. The largest absolute Gasteiger partial charge is 0.485 e. The summed E-state index contributed by atoms with van der Waals surface area (Å²) in [5.41, 5.74) is 5.07. The van der Waals surface area contributed by atoms with Crippen LogP contribution in [0.15, 0.2) is 17.3 Å². The average Bonchev–Trinajstić information content (AvgIpc) is 2.26. The lowest BCUT2D eigenvalue weighted by Gasteiger charge is -2.08. The van der Waals surface area contributed by atoms with E-state index >= 15 is 0 Å². The maximum absolute atomic E-state index is 13.3. The van der Waals surface area contributed by atoms with Gasteiger partial charge in [0.25, 0.3) is 0 Å². The van der Waals surface area contributed by atoms with E-state index in [9.17, 15) is 8.78 Å². The molecular weight excluding hydrogens is 222 g/mol. The van der Waals surface area contributed by atoms with Crippen LogP contribution in [0, 0.1) is 11.6 Å². The second-order valence-electron chi connectivity index (χ2n) is 2.83. The first-order chi connectivity index (χ1) is 7.60. The number of oxime groups is 1. The minimum atomic E-state index is -0.991. The summed E-state index contributed by atoms with van der Waals surface area (Å²) in [6, 6.07) is 1.73. The van der Waals surface area contributed by atoms with Crippen molar-refractivity contribution >= 4 is 5.84 Å². The van der Waals surface area contributed by atoms with Gasteiger partial charge in [0.05, 0.1) is 6.61 Å². The third kappa shape index (κ3) is 2.57. The van der Waals surface area contributed by atoms with Gasteiger partial charge in [0.1, 0.15) is 6.61 Å². The molecule has 0 bridgehead atoms. The zero-order valence-corrected chi connectivity index (χ0v) is 8.15. The van der Waals surface area contributed by atoms with E-state index < -0.39 is 23.2 Å². The molecule has 1 rings (SSSR count). The van der Waals surface area contributed by atoms with E-state index in [4.69, 9.17) is 16.0 Å². The number of nitrogens with zero attached hydrogens (tertiary/aromatic N) is 1. The van der Waals surface area contributed by atoms with Crippen LogP contribution in [0.25, 0.3) is 0 Å². The molecule has 16 heavy (non-hydrogen) atoms. The molecule has 7 heteroatoms. The van der Waals surface area contributed by atoms with Crippen molar-refractivity contribution in [1.82, 2.24) is 0 Å². The van der Waals surface area contributed by atoms with Gasteiger partial charge in [0, 0.05) is 5.56 Å². The molecule has 5 nitrogen and oxygen atoms in total. The Balaban J connectivity index is 3.07. The Labute approximate surface area is 89.7 Å². The molecule has 1 aromatic rings. The molecule has 0 aliphatic rings. The van der Waals surface area contributed by atoms with Crippen molar-refractivity contribution in [3.8, 4) is 5.75 Å². The number of ether oxygens (including phenoxy) is 1. The second-order valence-corrected chi connectivity index (χ2v) is 2.83. The molecule has 0 fully saturated rings. The minimum absolute atomic E-state index is 0.103. The van der Waals surface area contributed by atoms with E-state index in [2.05, 4.69) is 9.89 Å². The molecule has 0 radical (unpaired) electrons. The molecule has 0 aliphatic carbocycles. The summed E-state index contributed by atoms with van der Waals surface area (Å²) in [5.74, 6) is -3.00. The van der Waals surface area contributed by atoms with Gasteiger partial charge >= 0.3 is 0 Å². The van der Waals surface area contributed by atoms with Crippen molar-refractivity contribution < 1.29 is 23.8 Å². The number of aliphatic hydroxyl groups excluding tert-OH is 1. The van der Waals surface area contributed by atoms with Crippen molar-refractivity contribution in [2.24, 2.45) is 10.9 Å². The van der Waals surface area contributed by atoms with Crippen LogP contribution < -0.4 is 10.5 Å². The first-order valence-corrected chi connectivity index (χ1v) is 4.30. The predicted octanol–water partition coefficient (Wildman–Crippen LogP) is 0.430.